The summed E-state index contributed by atoms with van der Waals surface area (Å²) in [4.78, 5) is 31.7. The van der Waals surface area contributed by atoms with Gasteiger partial charge in [0.05, 0.1) is 0 Å². The molecular weight excluding hydrogens is 272 g/mol. The number of nitrogens with two attached hydrogens (primary N) is 1. The molecule has 0 aliphatic rings. The van der Waals surface area contributed by atoms with Gasteiger partial charge in [-0.2, -0.15) is 4.98 Å². The topological polar surface area (TPSA) is 111 Å². The van der Waals surface area contributed by atoms with Crippen molar-refractivity contribution in [2.75, 3.05) is 18.4 Å². The number of nitrogens with one attached hydrogen (secondary N) is 2. The first kappa shape index (κ1) is 15.3. The zero-order valence-corrected chi connectivity index (χ0v) is 12.5. The van der Waals surface area contributed by atoms with Gasteiger partial charge in [0.15, 0.2) is 11.2 Å². The maximum Gasteiger partial charge on any atom is 0.332 e. The summed E-state index contributed by atoms with van der Waals surface area (Å²) in [5, 5.41) is 3.07. The molecule has 0 aliphatic carbocycles. The third-order valence-corrected chi connectivity index (χ3v) is 3.39. The fourth-order valence-corrected chi connectivity index (χ4v) is 2.15. The zero-order valence-electron chi connectivity index (χ0n) is 12.5. The predicted octanol–water partition coefficient (Wildman–Crippen LogP) is -0.0159. The van der Waals surface area contributed by atoms with Crippen LogP contribution in [0.5, 0.6) is 0 Å². The summed E-state index contributed by atoms with van der Waals surface area (Å²) in [6.45, 7) is 3.84. The number of fused-ring (bicyclic) bond motifs is 1. The van der Waals surface area contributed by atoms with Gasteiger partial charge in [0.2, 0.25) is 5.95 Å². The molecule has 116 valence electrons. The molecule has 2 aromatic rings. The Morgan fingerprint density at radius 1 is 1.33 bits per heavy atom. The van der Waals surface area contributed by atoms with Crippen LogP contribution in [-0.4, -0.2) is 32.2 Å². The van der Waals surface area contributed by atoms with E-state index in [2.05, 4.69) is 22.2 Å². The van der Waals surface area contributed by atoms with Crippen LogP contribution in [0.1, 0.15) is 26.2 Å². The zero-order chi connectivity index (χ0) is 15.4. The summed E-state index contributed by atoms with van der Waals surface area (Å²) in [6.07, 6.45) is 2.62. The quantitative estimate of drug-likeness (QED) is 0.622. The van der Waals surface area contributed by atoms with Gasteiger partial charge in [-0.1, -0.05) is 13.3 Å². The standard InChI is InChI=1S/C13H22N6O2/c1-3-4-8-19-10-9(11(20)18(2)13(19)21)16-12(17-10)15-7-5-6-14/h3-8,14H2,1-2H3,(H2,15,16,17). The SMILES string of the molecule is CCCCn1c(=O)n(C)c(=O)c2[nH]c(NCCCN)nc21. The molecule has 0 unspecified atom stereocenters. The molecule has 4 N–H and O–H groups in total. The molecule has 0 fully saturated rings. The average Bonchev–Trinajstić information content (AvgIpc) is 2.89. The summed E-state index contributed by atoms with van der Waals surface area (Å²) in [6, 6.07) is 0. The Morgan fingerprint density at radius 2 is 2.10 bits per heavy atom. The molecule has 0 atom stereocenters. The van der Waals surface area contributed by atoms with E-state index in [0.717, 1.165) is 23.8 Å². The fraction of sp³-hybridized carbons (Fsp3) is 0.615. The number of nitrogens with zero attached hydrogens (tertiary/aromatic N) is 3. The molecule has 0 radical (unpaired) electrons. The van der Waals surface area contributed by atoms with Crippen LogP contribution in [0, 0.1) is 0 Å². The first-order chi connectivity index (χ1) is 10.1. The molecule has 2 heterocycles. The number of anilines is 1. The lowest BCUT2D eigenvalue weighted by Crippen LogP contribution is -2.38. The van der Waals surface area contributed by atoms with Crippen molar-refractivity contribution in [2.45, 2.75) is 32.7 Å². The first-order valence-electron chi connectivity index (χ1n) is 7.23. The lowest BCUT2D eigenvalue weighted by molar-refractivity contribution is 0.584. The lowest BCUT2D eigenvalue weighted by atomic mass is 10.3. The van der Waals surface area contributed by atoms with Gasteiger partial charge in [-0.15, -0.1) is 0 Å². The second-order valence-corrected chi connectivity index (χ2v) is 5.00. The van der Waals surface area contributed by atoms with E-state index in [0.29, 0.717) is 36.7 Å². The highest BCUT2D eigenvalue weighted by molar-refractivity contribution is 5.72. The van der Waals surface area contributed by atoms with Gasteiger partial charge < -0.3 is 16.0 Å². The third kappa shape index (κ3) is 2.99. The van der Waals surface area contributed by atoms with E-state index >= 15 is 0 Å². The van der Waals surface area contributed by atoms with Crippen LogP contribution < -0.4 is 22.3 Å². The number of aromatic amines is 1. The van der Waals surface area contributed by atoms with Crippen molar-refractivity contribution < 1.29 is 0 Å². The van der Waals surface area contributed by atoms with Crippen LogP contribution in [-0.2, 0) is 13.6 Å². The Kier molecular flexibility index (Phi) is 4.79. The molecule has 0 saturated carbocycles. The van der Waals surface area contributed by atoms with Crippen molar-refractivity contribution in [3.63, 3.8) is 0 Å². The number of hydrogen-bond acceptors (Lipinski definition) is 5. The second-order valence-electron chi connectivity index (χ2n) is 5.00. The van der Waals surface area contributed by atoms with E-state index in [9.17, 15) is 9.59 Å². The summed E-state index contributed by atoms with van der Waals surface area (Å²) >= 11 is 0. The molecular formula is C13H22N6O2. The lowest BCUT2D eigenvalue weighted by Gasteiger charge is -2.07. The third-order valence-electron chi connectivity index (χ3n) is 3.39. The smallest absolute Gasteiger partial charge is 0.332 e. The number of rotatable bonds is 7. The summed E-state index contributed by atoms with van der Waals surface area (Å²) in [5.41, 5.74) is 5.51. The molecule has 0 spiro atoms. The minimum atomic E-state index is -0.359. The van der Waals surface area contributed by atoms with Crippen LogP contribution in [0.2, 0.25) is 0 Å². The van der Waals surface area contributed by atoms with Crippen molar-refractivity contribution in [1.82, 2.24) is 19.1 Å². The minimum Gasteiger partial charge on any atom is -0.356 e. The van der Waals surface area contributed by atoms with Gasteiger partial charge in [-0.3, -0.25) is 13.9 Å². The van der Waals surface area contributed by atoms with Crippen LogP contribution >= 0.6 is 0 Å². The highest BCUT2D eigenvalue weighted by atomic mass is 16.2. The van der Waals surface area contributed by atoms with Gasteiger partial charge in [0, 0.05) is 20.1 Å². The highest BCUT2D eigenvalue weighted by Crippen LogP contribution is 2.10. The normalized spacial score (nSPS) is 11.2. The van der Waals surface area contributed by atoms with E-state index < -0.39 is 0 Å². The fourth-order valence-electron chi connectivity index (χ4n) is 2.15. The maximum absolute atomic E-state index is 12.2. The summed E-state index contributed by atoms with van der Waals surface area (Å²) in [7, 11) is 1.48. The Morgan fingerprint density at radius 3 is 2.76 bits per heavy atom. The molecule has 0 bridgehead atoms. The van der Waals surface area contributed by atoms with Crippen LogP contribution in [0.15, 0.2) is 9.59 Å². The predicted molar refractivity (Wildman–Crippen MR) is 82.7 cm³/mol. The van der Waals surface area contributed by atoms with E-state index in [1.807, 2.05) is 0 Å². The van der Waals surface area contributed by atoms with E-state index in [1.54, 1.807) is 4.57 Å². The first-order valence-corrected chi connectivity index (χ1v) is 7.23. The molecule has 8 heteroatoms. The van der Waals surface area contributed by atoms with Gasteiger partial charge in [0.1, 0.15) is 0 Å². The Labute approximate surface area is 122 Å². The maximum atomic E-state index is 12.2. The van der Waals surface area contributed by atoms with Gasteiger partial charge in [0.25, 0.3) is 5.56 Å². The van der Waals surface area contributed by atoms with Crippen molar-refractivity contribution in [1.29, 1.82) is 0 Å². The molecule has 0 saturated heterocycles. The monoisotopic (exact) mass is 294 g/mol. The van der Waals surface area contributed by atoms with Crippen molar-refractivity contribution in [3.05, 3.63) is 20.8 Å². The Hall–Kier alpha value is -2.09. The van der Waals surface area contributed by atoms with Crippen LogP contribution in [0.3, 0.4) is 0 Å². The molecule has 8 nitrogen and oxygen atoms in total. The van der Waals surface area contributed by atoms with E-state index in [-0.39, 0.29) is 11.2 Å². The van der Waals surface area contributed by atoms with Crippen LogP contribution in [0.4, 0.5) is 5.95 Å². The number of unbranched alkanes of at least 4 members (excludes halogenated alkanes) is 1. The second kappa shape index (κ2) is 6.57. The van der Waals surface area contributed by atoms with Crippen molar-refractivity contribution in [3.8, 4) is 0 Å². The number of H-pyrrole nitrogens is 1. The molecule has 0 aromatic carbocycles. The molecule has 2 rings (SSSR count). The summed E-state index contributed by atoms with van der Waals surface area (Å²) in [5.74, 6) is 0.492. The average molecular weight is 294 g/mol. The minimum absolute atomic E-state index is 0.332. The summed E-state index contributed by atoms with van der Waals surface area (Å²) < 4.78 is 2.66. The number of aryl methyl sites for hydroxylation is 1. The molecule has 0 amide bonds. The number of hydrogen-bond donors (Lipinski definition) is 3. The van der Waals surface area contributed by atoms with Gasteiger partial charge in [-0.25, -0.2) is 4.79 Å². The highest BCUT2D eigenvalue weighted by Gasteiger charge is 2.14. The number of aromatic nitrogens is 4. The Bertz CT molecular complexity index is 727. The molecule has 2 aromatic heterocycles. The van der Waals surface area contributed by atoms with Crippen molar-refractivity contribution >= 4 is 17.1 Å². The molecule has 21 heavy (non-hydrogen) atoms. The van der Waals surface area contributed by atoms with Crippen molar-refractivity contribution in [2.24, 2.45) is 12.8 Å². The van der Waals surface area contributed by atoms with E-state index in [4.69, 9.17) is 5.73 Å². The number of imidazole rings is 1. The largest absolute Gasteiger partial charge is 0.356 e. The Balaban J connectivity index is 2.49. The van der Waals surface area contributed by atoms with Gasteiger partial charge >= 0.3 is 5.69 Å². The van der Waals surface area contributed by atoms with E-state index in [1.165, 1.54) is 7.05 Å². The van der Waals surface area contributed by atoms with Gasteiger partial charge in [-0.05, 0) is 19.4 Å². The molecule has 0 aliphatic heterocycles. The van der Waals surface area contributed by atoms with Crippen LogP contribution in [0.25, 0.3) is 11.2 Å².